The molecule has 1 saturated heterocycles. The summed E-state index contributed by atoms with van der Waals surface area (Å²) in [6.45, 7) is 5.23. The Morgan fingerprint density at radius 3 is 2.84 bits per heavy atom. The molecule has 0 radical (unpaired) electrons. The number of anilines is 1. The molecule has 0 aromatic carbocycles. The number of nitrogens with one attached hydrogen (secondary N) is 2. The molecule has 1 aliphatic carbocycles. The van der Waals surface area contributed by atoms with Gasteiger partial charge in [0.25, 0.3) is 6.43 Å². The van der Waals surface area contributed by atoms with Gasteiger partial charge in [-0.1, -0.05) is 11.3 Å². The fourth-order valence-electron chi connectivity index (χ4n) is 4.01. The second-order valence-electron chi connectivity index (χ2n) is 8.69. The smallest absolute Gasteiger partial charge is 0.291 e. The van der Waals surface area contributed by atoms with E-state index in [1.165, 1.54) is 0 Å². The van der Waals surface area contributed by atoms with Crippen LogP contribution in [0.1, 0.15) is 38.1 Å². The highest BCUT2D eigenvalue weighted by Crippen LogP contribution is 2.40. The number of hydrogen-bond donors (Lipinski definition) is 2. The van der Waals surface area contributed by atoms with Gasteiger partial charge >= 0.3 is 0 Å². The Hall–Kier alpha value is -1.82. The molecule has 2 unspecified atom stereocenters. The van der Waals surface area contributed by atoms with E-state index in [1.54, 1.807) is 11.9 Å². The maximum absolute atomic E-state index is 13.6. The van der Waals surface area contributed by atoms with Gasteiger partial charge in [0.05, 0.1) is 22.9 Å². The minimum atomic E-state index is -2.64. The van der Waals surface area contributed by atoms with E-state index in [-0.39, 0.29) is 22.6 Å². The molecule has 32 heavy (non-hydrogen) atoms. The topological polar surface area (TPSA) is 57.5 Å². The average molecular weight is 483 g/mol. The first kappa shape index (κ1) is 22.0. The first-order chi connectivity index (χ1) is 15.4. The van der Waals surface area contributed by atoms with Gasteiger partial charge in [0.1, 0.15) is 6.67 Å². The van der Waals surface area contributed by atoms with Gasteiger partial charge in [-0.15, -0.1) is 10.2 Å². The molecule has 0 spiro atoms. The van der Waals surface area contributed by atoms with Gasteiger partial charge in [-0.25, -0.2) is 13.2 Å². The maximum atomic E-state index is 13.6. The van der Waals surface area contributed by atoms with Crippen molar-refractivity contribution in [3.05, 3.63) is 29.4 Å². The van der Waals surface area contributed by atoms with Gasteiger partial charge in [-0.05, 0) is 56.8 Å². The maximum Gasteiger partial charge on any atom is 0.291 e. The highest BCUT2D eigenvalue weighted by atomic mass is 32.2. The van der Waals surface area contributed by atoms with Crippen LogP contribution in [-0.2, 0) is 0 Å². The van der Waals surface area contributed by atoms with Crippen LogP contribution >= 0.6 is 23.3 Å². The standard InChI is InChI=1S/C21H25F3N6S2/c1-12-14(10-22)25-7-8-29(12)17-9-13(32-28-21(2)5-6-21)11-30-15(17)3-4-16(30)19-26-27-20(31-19)18(23)24/h3-4,9,11-12,14,18,25,28H,5-8,10H2,1-2H3. The number of piperazine rings is 1. The molecule has 2 fully saturated rings. The third kappa shape index (κ3) is 4.11. The van der Waals surface area contributed by atoms with Gasteiger partial charge in [0, 0.05) is 35.8 Å². The zero-order valence-corrected chi connectivity index (χ0v) is 19.4. The van der Waals surface area contributed by atoms with Crippen LogP contribution < -0.4 is 14.9 Å². The zero-order valence-electron chi connectivity index (χ0n) is 17.8. The molecule has 4 heterocycles. The summed E-state index contributed by atoms with van der Waals surface area (Å²) in [4.78, 5) is 3.23. The van der Waals surface area contributed by atoms with E-state index in [0.29, 0.717) is 11.6 Å². The molecule has 2 atom stereocenters. The van der Waals surface area contributed by atoms with Crippen LogP contribution in [0.15, 0.2) is 29.3 Å². The number of nitrogens with zero attached hydrogens (tertiary/aromatic N) is 4. The second kappa shape index (κ2) is 8.51. The first-order valence-electron chi connectivity index (χ1n) is 10.7. The molecule has 11 heteroatoms. The number of rotatable bonds is 7. The Morgan fingerprint density at radius 1 is 1.34 bits per heavy atom. The molecule has 6 nitrogen and oxygen atoms in total. The quantitative estimate of drug-likeness (QED) is 0.477. The molecule has 5 rings (SSSR count). The van der Waals surface area contributed by atoms with Crippen LogP contribution in [0.25, 0.3) is 16.2 Å². The summed E-state index contributed by atoms with van der Waals surface area (Å²) in [5, 5.41) is 11.1. The molecular weight excluding hydrogens is 457 g/mol. The largest absolute Gasteiger partial charge is 0.364 e. The van der Waals surface area contributed by atoms with E-state index in [1.807, 2.05) is 29.7 Å². The fraction of sp³-hybridized carbons (Fsp3) is 0.524. The van der Waals surface area contributed by atoms with Crippen molar-refractivity contribution in [2.75, 3.05) is 24.7 Å². The molecule has 3 aromatic rings. The SMILES string of the molecule is CC1C(CF)NCCN1c1cc(SNC2(C)CC2)cn2c(-c3nnc(C(F)F)s3)ccc12. The van der Waals surface area contributed by atoms with Crippen LogP contribution in [0.3, 0.4) is 0 Å². The van der Waals surface area contributed by atoms with Gasteiger partial charge in [-0.3, -0.25) is 4.72 Å². The fourth-order valence-corrected chi connectivity index (χ4v) is 5.63. The van der Waals surface area contributed by atoms with Crippen molar-refractivity contribution in [1.82, 2.24) is 24.6 Å². The molecule has 172 valence electrons. The van der Waals surface area contributed by atoms with Crippen molar-refractivity contribution in [2.24, 2.45) is 0 Å². The molecule has 0 bridgehead atoms. The summed E-state index contributed by atoms with van der Waals surface area (Å²) in [5.41, 5.74) is 2.79. The highest BCUT2D eigenvalue weighted by Gasteiger charge is 2.37. The number of aromatic nitrogens is 3. The molecule has 0 amide bonds. The third-order valence-electron chi connectivity index (χ3n) is 6.29. The summed E-state index contributed by atoms with van der Waals surface area (Å²) in [6, 6.07) is 5.71. The Kier molecular flexibility index (Phi) is 5.85. The van der Waals surface area contributed by atoms with Crippen LogP contribution in [0, 0.1) is 0 Å². The molecule has 1 saturated carbocycles. The first-order valence-corrected chi connectivity index (χ1v) is 12.3. The van der Waals surface area contributed by atoms with E-state index in [2.05, 4.69) is 38.1 Å². The van der Waals surface area contributed by atoms with Crippen molar-refractivity contribution in [3.8, 4) is 10.7 Å². The average Bonchev–Trinajstić information content (AvgIpc) is 3.17. The second-order valence-corrected chi connectivity index (χ2v) is 10.6. The van der Waals surface area contributed by atoms with E-state index in [9.17, 15) is 13.2 Å². The van der Waals surface area contributed by atoms with Crippen molar-refractivity contribution in [1.29, 1.82) is 0 Å². The van der Waals surface area contributed by atoms with Gasteiger partial charge < -0.3 is 14.6 Å². The predicted octanol–water partition coefficient (Wildman–Crippen LogP) is 4.68. The van der Waals surface area contributed by atoms with E-state index < -0.39 is 13.1 Å². The minimum Gasteiger partial charge on any atom is -0.364 e. The van der Waals surface area contributed by atoms with Crippen molar-refractivity contribution in [3.63, 3.8) is 0 Å². The van der Waals surface area contributed by atoms with Crippen molar-refractivity contribution >= 4 is 34.5 Å². The lowest BCUT2D eigenvalue weighted by atomic mass is 10.1. The Balaban J connectivity index is 1.58. The summed E-state index contributed by atoms with van der Waals surface area (Å²) in [6.07, 6.45) is 1.63. The Bertz CT molecular complexity index is 1110. The van der Waals surface area contributed by atoms with E-state index in [4.69, 9.17) is 0 Å². The Labute approximate surface area is 192 Å². The molecule has 2 N–H and O–H groups in total. The van der Waals surface area contributed by atoms with Crippen molar-refractivity contribution in [2.45, 2.75) is 55.6 Å². The lowest BCUT2D eigenvalue weighted by molar-refractivity contribution is 0.150. The third-order valence-corrected chi connectivity index (χ3v) is 8.29. The Morgan fingerprint density at radius 2 is 2.16 bits per heavy atom. The van der Waals surface area contributed by atoms with Crippen LogP contribution in [0.2, 0.25) is 0 Å². The number of halogens is 3. The van der Waals surface area contributed by atoms with Gasteiger partial charge in [-0.2, -0.15) is 0 Å². The van der Waals surface area contributed by atoms with E-state index in [0.717, 1.165) is 52.5 Å². The molecular formula is C21H25F3N6S2. The summed E-state index contributed by atoms with van der Waals surface area (Å²) < 4.78 is 45.3. The highest BCUT2D eigenvalue weighted by molar-refractivity contribution is 7.97. The number of alkyl halides is 3. The molecule has 1 aliphatic heterocycles. The monoisotopic (exact) mass is 482 g/mol. The number of hydrogen-bond acceptors (Lipinski definition) is 7. The number of pyridine rings is 1. The van der Waals surface area contributed by atoms with Crippen LogP contribution in [-0.4, -0.2) is 52.0 Å². The lowest BCUT2D eigenvalue weighted by Gasteiger charge is -2.41. The molecule has 3 aromatic heterocycles. The zero-order chi connectivity index (χ0) is 22.5. The van der Waals surface area contributed by atoms with Crippen molar-refractivity contribution < 1.29 is 13.2 Å². The van der Waals surface area contributed by atoms with Crippen LogP contribution in [0.4, 0.5) is 18.9 Å². The lowest BCUT2D eigenvalue weighted by Crippen LogP contribution is -2.57. The number of fused-ring (bicyclic) bond motifs is 1. The van der Waals surface area contributed by atoms with Crippen LogP contribution in [0.5, 0.6) is 0 Å². The summed E-state index contributed by atoms with van der Waals surface area (Å²) in [5.74, 6) is 0. The summed E-state index contributed by atoms with van der Waals surface area (Å²) >= 11 is 2.47. The van der Waals surface area contributed by atoms with Gasteiger partial charge in [0.15, 0.2) is 10.0 Å². The minimum absolute atomic E-state index is 0.0305. The summed E-state index contributed by atoms with van der Waals surface area (Å²) in [7, 11) is 0. The van der Waals surface area contributed by atoms with Gasteiger partial charge in [0.2, 0.25) is 0 Å². The normalized spacial score (nSPS) is 22.8. The predicted molar refractivity (Wildman–Crippen MR) is 122 cm³/mol. The molecule has 2 aliphatic rings. The van der Waals surface area contributed by atoms with E-state index >= 15 is 0 Å².